The Morgan fingerprint density at radius 1 is 0.950 bits per heavy atom. The normalized spacial score (nSPS) is 29.8. The van der Waals surface area contributed by atoms with Gasteiger partial charge in [-0.15, -0.1) is 0 Å². The fourth-order valence-corrected chi connectivity index (χ4v) is 3.94. The minimum Gasteiger partial charge on any atom is -0.490 e. The fraction of sp³-hybridized carbons (Fsp3) is 0.444. The van der Waals surface area contributed by atoms with Crippen molar-refractivity contribution in [3.05, 3.63) is 42.5 Å². The summed E-state index contributed by atoms with van der Waals surface area (Å²) < 4.78 is 6.37. The van der Waals surface area contributed by atoms with E-state index in [2.05, 4.69) is 54.4 Å². The van der Waals surface area contributed by atoms with Crippen LogP contribution in [0.5, 0.6) is 5.75 Å². The Hall–Kier alpha value is -1.54. The first-order valence-corrected chi connectivity index (χ1v) is 7.67. The SMILES string of the molecule is CN1[C@@H]2CC[C@H]1CC(Oc1cccc3ccccc13)C2. The third-order valence-electron chi connectivity index (χ3n) is 5.10. The van der Waals surface area contributed by atoms with Crippen molar-refractivity contribution in [2.24, 2.45) is 0 Å². The molecule has 2 saturated heterocycles. The number of nitrogens with zero attached hydrogens (tertiary/aromatic N) is 1. The van der Waals surface area contributed by atoms with Crippen LogP contribution in [0.25, 0.3) is 10.8 Å². The Morgan fingerprint density at radius 2 is 1.65 bits per heavy atom. The Bertz CT molecular complexity index is 604. The summed E-state index contributed by atoms with van der Waals surface area (Å²) in [5.74, 6) is 1.05. The molecule has 20 heavy (non-hydrogen) atoms. The summed E-state index contributed by atoms with van der Waals surface area (Å²) in [7, 11) is 2.27. The standard InChI is InChI=1S/C18H21NO/c1-19-14-9-10-15(19)12-16(11-14)20-18-8-4-6-13-5-2-3-7-17(13)18/h2-8,14-16H,9-12H2,1H3/t14-,15+,16?. The molecule has 104 valence electrons. The number of hydrogen-bond acceptors (Lipinski definition) is 2. The van der Waals surface area contributed by atoms with Crippen LogP contribution in [-0.4, -0.2) is 30.1 Å². The van der Waals surface area contributed by atoms with E-state index in [0.29, 0.717) is 6.10 Å². The molecule has 0 amide bonds. The van der Waals surface area contributed by atoms with Gasteiger partial charge in [0.1, 0.15) is 11.9 Å². The molecule has 0 N–H and O–H groups in total. The molecule has 4 rings (SSSR count). The molecule has 2 aromatic rings. The van der Waals surface area contributed by atoms with Crippen LogP contribution < -0.4 is 4.74 Å². The van der Waals surface area contributed by atoms with Crippen LogP contribution >= 0.6 is 0 Å². The van der Waals surface area contributed by atoms with Gasteiger partial charge in [0.05, 0.1) is 0 Å². The molecule has 2 aromatic carbocycles. The first-order chi connectivity index (χ1) is 9.81. The Labute approximate surface area is 120 Å². The van der Waals surface area contributed by atoms with Gasteiger partial charge >= 0.3 is 0 Å². The van der Waals surface area contributed by atoms with E-state index in [1.807, 2.05) is 0 Å². The zero-order chi connectivity index (χ0) is 13.5. The summed E-state index contributed by atoms with van der Waals surface area (Å²) in [6.45, 7) is 0. The summed E-state index contributed by atoms with van der Waals surface area (Å²) in [4.78, 5) is 2.56. The highest BCUT2D eigenvalue weighted by Gasteiger charge is 2.39. The second-order valence-electron chi connectivity index (χ2n) is 6.24. The fourth-order valence-electron chi connectivity index (χ4n) is 3.94. The largest absolute Gasteiger partial charge is 0.490 e. The van der Waals surface area contributed by atoms with Crippen LogP contribution in [0.1, 0.15) is 25.7 Å². The lowest BCUT2D eigenvalue weighted by Crippen LogP contribution is -2.43. The van der Waals surface area contributed by atoms with Crippen molar-refractivity contribution in [2.75, 3.05) is 7.05 Å². The van der Waals surface area contributed by atoms with Gasteiger partial charge < -0.3 is 9.64 Å². The highest BCUT2D eigenvalue weighted by atomic mass is 16.5. The number of rotatable bonds is 2. The lowest BCUT2D eigenvalue weighted by Gasteiger charge is -2.36. The second kappa shape index (κ2) is 4.78. The molecule has 2 aliphatic rings. The van der Waals surface area contributed by atoms with Gasteiger partial charge in [0.25, 0.3) is 0 Å². The molecule has 2 heteroatoms. The van der Waals surface area contributed by atoms with Crippen molar-refractivity contribution in [2.45, 2.75) is 43.9 Å². The molecule has 0 saturated carbocycles. The van der Waals surface area contributed by atoms with E-state index in [9.17, 15) is 0 Å². The molecule has 2 heterocycles. The molecule has 2 bridgehead atoms. The topological polar surface area (TPSA) is 12.5 Å². The summed E-state index contributed by atoms with van der Waals surface area (Å²) in [5.41, 5.74) is 0. The molecule has 0 aromatic heterocycles. The van der Waals surface area contributed by atoms with Gasteiger partial charge in [-0.25, -0.2) is 0 Å². The number of fused-ring (bicyclic) bond motifs is 3. The third kappa shape index (κ3) is 1.99. The van der Waals surface area contributed by atoms with Gasteiger partial charge in [0, 0.05) is 17.5 Å². The van der Waals surface area contributed by atoms with Crippen molar-refractivity contribution in [3.63, 3.8) is 0 Å². The van der Waals surface area contributed by atoms with E-state index in [4.69, 9.17) is 4.74 Å². The lowest BCUT2D eigenvalue weighted by atomic mass is 10.0. The van der Waals surface area contributed by atoms with Gasteiger partial charge in [-0.2, -0.15) is 0 Å². The van der Waals surface area contributed by atoms with Crippen molar-refractivity contribution >= 4 is 10.8 Å². The predicted octanol–water partition coefficient (Wildman–Crippen LogP) is 3.84. The molecule has 0 spiro atoms. The molecular formula is C18H21NO. The van der Waals surface area contributed by atoms with E-state index in [0.717, 1.165) is 17.8 Å². The first kappa shape index (κ1) is 12.2. The van der Waals surface area contributed by atoms with Gasteiger partial charge in [-0.05, 0) is 44.2 Å². The third-order valence-corrected chi connectivity index (χ3v) is 5.10. The van der Waals surface area contributed by atoms with E-state index in [1.54, 1.807) is 0 Å². The van der Waals surface area contributed by atoms with Gasteiger partial charge in [-0.3, -0.25) is 0 Å². The van der Waals surface area contributed by atoms with Crippen LogP contribution in [0.4, 0.5) is 0 Å². The Balaban J connectivity index is 1.59. The van der Waals surface area contributed by atoms with Crippen molar-refractivity contribution in [1.82, 2.24) is 4.90 Å². The number of ether oxygens (including phenoxy) is 1. The van der Waals surface area contributed by atoms with E-state index < -0.39 is 0 Å². The van der Waals surface area contributed by atoms with E-state index >= 15 is 0 Å². The van der Waals surface area contributed by atoms with Gasteiger partial charge in [0.15, 0.2) is 0 Å². The van der Waals surface area contributed by atoms with Crippen molar-refractivity contribution in [1.29, 1.82) is 0 Å². The van der Waals surface area contributed by atoms with E-state index in [1.165, 1.54) is 36.5 Å². The lowest BCUT2D eigenvalue weighted by molar-refractivity contribution is 0.0671. The zero-order valence-electron chi connectivity index (χ0n) is 12.0. The maximum Gasteiger partial charge on any atom is 0.127 e. The molecule has 0 radical (unpaired) electrons. The molecule has 1 unspecified atom stereocenters. The van der Waals surface area contributed by atoms with Crippen LogP contribution in [0.2, 0.25) is 0 Å². The monoisotopic (exact) mass is 267 g/mol. The summed E-state index contributed by atoms with van der Waals surface area (Å²) in [6, 6.07) is 16.3. The predicted molar refractivity (Wildman–Crippen MR) is 82.2 cm³/mol. The van der Waals surface area contributed by atoms with Gasteiger partial charge in [-0.1, -0.05) is 36.4 Å². The molecule has 2 fully saturated rings. The van der Waals surface area contributed by atoms with Gasteiger partial charge in [0.2, 0.25) is 0 Å². The van der Waals surface area contributed by atoms with Crippen LogP contribution in [0, 0.1) is 0 Å². The van der Waals surface area contributed by atoms with Crippen LogP contribution in [0.15, 0.2) is 42.5 Å². The summed E-state index contributed by atoms with van der Waals surface area (Å²) >= 11 is 0. The molecule has 2 aliphatic heterocycles. The summed E-state index contributed by atoms with van der Waals surface area (Å²) in [6.07, 6.45) is 5.43. The quantitative estimate of drug-likeness (QED) is 0.819. The average molecular weight is 267 g/mol. The first-order valence-electron chi connectivity index (χ1n) is 7.67. The number of benzene rings is 2. The summed E-state index contributed by atoms with van der Waals surface area (Å²) in [5, 5.41) is 2.50. The highest BCUT2D eigenvalue weighted by molar-refractivity contribution is 5.88. The minimum atomic E-state index is 0.384. The number of piperidine rings is 1. The zero-order valence-corrected chi connectivity index (χ0v) is 12.0. The molecular weight excluding hydrogens is 246 g/mol. The minimum absolute atomic E-state index is 0.384. The van der Waals surface area contributed by atoms with Crippen molar-refractivity contribution < 1.29 is 4.74 Å². The van der Waals surface area contributed by atoms with Crippen LogP contribution in [0.3, 0.4) is 0 Å². The highest BCUT2D eigenvalue weighted by Crippen LogP contribution is 2.37. The molecule has 2 nitrogen and oxygen atoms in total. The average Bonchev–Trinajstić information content (AvgIpc) is 2.70. The maximum absolute atomic E-state index is 6.37. The number of hydrogen-bond donors (Lipinski definition) is 0. The molecule has 0 aliphatic carbocycles. The smallest absolute Gasteiger partial charge is 0.127 e. The van der Waals surface area contributed by atoms with Crippen molar-refractivity contribution in [3.8, 4) is 5.75 Å². The Kier molecular flexibility index (Phi) is 2.92. The van der Waals surface area contributed by atoms with Crippen LogP contribution in [-0.2, 0) is 0 Å². The Morgan fingerprint density at radius 3 is 2.45 bits per heavy atom. The second-order valence-corrected chi connectivity index (χ2v) is 6.24. The van der Waals surface area contributed by atoms with E-state index in [-0.39, 0.29) is 0 Å². The molecule has 3 atom stereocenters. The maximum atomic E-state index is 6.37.